The van der Waals surface area contributed by atoms with E-state index in [-0.39, 0.29) is 5.56 Å². The van der Waals surface area contributed by atoms with Crippen LogP contribution in [0.2, 0.25) is 0 Å². The molecule has 0 atom stereocenters. The third kappa shape index (κ3) is 3.48. The molecule has 19 heavy (non-hydrogen) atoms. The highest BCUT2D eigenvalue weighted by Gasteiger charge is 2.03. The standard InChI is InChI=1S/C14H18N2O3/c1-11-5-7-19-13(11)9-15-12-3-4-14(17)16(10-12)6-8-18-2/h3-5,7,10,15H,6,8-9H2,1-2H3. The van der Waals surface area contributed by atoms with Crippen LogP contribution in [0.3, 0.4) is 0 Å². The van der Waals surface area contributed by atoms with Gasteiger partial charge in [0.25, 0.3) is 5.56 Å². The molecular weight excluding hydrogens is 244 g/mol. The Kier molecular flexibility index (Phi) is 4.41. The number of furan rings is 1. The minimum Gasteiger partial charge on any atom is -0.467 e. The van der Waals surface area contributed by atoms with Crippen LogP contribution in [0.4, 0.5) is 5.69 Å². The summed E-state index contributed by atoms with van der Waals surface area (Å²) in [4.78, 5) is 11.6. The summed E-state index contributed by atoms with van der Waals surface area (Å²) in [5.74, 6) is 0.898. The molecule has 2 aromatic heterocycles. The molecule has 5 heteroatoms. The van der Waals surface area contributed by atoms with Crippen LogP contribution in [-0.2, 0) is 17.8 Å². The maximum atomic E-state index is 11.6. The number of aromatic nitrogens is 1. The summed E-state index contributed by atoms with van der Waals surface area (Å²) < 4.78 is 12.0. The Morgan fingerprint density at radius 1 is 1.37 bits per heavy atom. The predicted molar refractivity (Wildman–Crippen MR) is 73.3 cm³/mol. The molecule has 0 spiro atoms. The molecule has 1 N–H and O–H groups in total. The van der Waals surface area contributed by atoms with E-state index in [1.54, 1.807) is 36.3 Å². The van der Waals surface area contributed by atoms with Crippen molar-refractivity contribution < 1.29 is 9.15 Å². The highest BCUT2D eigenvalue weighted by Crippen LogP contribution is 2.11. The van der Waals surface area contributed by atoms with Gasteiger partial charge in [0, 0.05) is 25.9 Å². The van der Waals surface area contributed by atoms with E-state index in [1.165, 1.54) is 0 Å². The van der Waals surface area contributed by atoms with E-state index in [0.717, 1.165) is 17.0 Å². The number of hydrogen-bond donors (Lipinski definition) is 1. The highest BCUT2D eigenvalue weighted by atomic mass is 16.5. The van der Waals surface area contributed by atoms with Crippen LogP contribution < -0.4 is 10.9 Å². The topological polar surface area (TPSA) is 56.4 Å². The molecule has 0 amide bonds. The van der Waals surface area contributed by atoms with Crippen LogP contribution in [0.15, 0.2) is 39.9 Å². The first-order valence-corrected chi connectivity index (χ1v) is 6.17. The Labute approximate surface area is 111 Å². The second-order valence-electron chi connectivity index (χ2n) is 4.32. The van der Waals surface area contributed by atoms with Crippen molar-refractivity contribution >= 4 is 5.69 Å². The largest absolute Gasteiger partial charge is 0.467 e. The fourth-order valence-electron chi connectivity index (χ4n) is 1.77. The van der Waals surface area contributed by atoms with E-state index < -0.39 is 0 Å². The smallest absolute Gasteiger partial charge is 0.250 e. The lowest BCUT2D eigenvalue weighted by molar-refractivity contribution is 0.186. The number of nitrogens with zero attached hydrogens (tertiary/aromatic N) is 1. The molecule has 0 aromatic carbocycles. The van der Waals surface area contributed by atoms with Gasteiger partial charge in [0.1, 0.15) is 5.76 Å². The molecule has 2 rings (SSSR count). The molecule has 2 aromatic rings. The van der Waals surface area contributed by atoms with Gasteiger partial charge in [0.15, 0.2) is 0 Å². The Bertz CT molecular complexity index is 586. The van der Waals surface area contributed by atoms with E-state index in [1.807, 2.05) is 13.0 Å². The lowest BCUT2D eigenvalue weighted by atomic mass is 10.3. The van der Waals surface area contributed by atoms with Crippen molar-refractivity contribution in [3.8, 4) is 0 Å². The van der Waals surface area contributed by atoms with Crippen LogP contribution >= 0.6 is 0 Å². The summed E-state index contributed by atoms with van der Waals surface area (Å²) >= 11 is 0. The van der Waals surface area contributed by atoms with Gasteiger partial charge in [-0.05, 0) is 24.6 Å². The molecular formula is C14H18N2O3. The maximum Gasteiger partial charge on any atom is 0.250 e. The first-order valence-electron chi connectivity index (χ1n) is 6.17. The molecule has 0 aliphatic rings. The Morgan fingerprint density at radius 3 is 2.89 bits per heavy atom. The van der Waals surface area contributed by atoms with E-state index in [4.69, 9.17) is 9.15 Å². The molecule has 0 saturated carbocycles. The second-order valence-corrected chi connectivity index (χ2v) is 4.32. The number of methoxy groups -OCH3 is 1. The SMILES string of the molecule is COCCn1cc(NCc2occc2C)ccc1=O. The normalized spacial score (nSPS) is 10.6. The molecule has 0 saturated heterocycles. The van der Waals surface area contributed by atoms with Crippen molar-refractivity contribution in [3.63, 3.8) is 0 Å². The average Bonchev–Trinajstić information content (AvgIpc) is 2.82. The van der Waals surface area contributed by atoms with Crippen molar-refractivity contribution in [1.29, 1.82) is 0 Å². The average molecular weight is 262 g/mol. The molecule has 5 nitrogen and oxygen atoms in total. The lowest BCUT2D eigenvalue weighted by Gasteiger charge is -2.09. The highest BCUT2D eigenvalue weighted by molar-refractivity contribution is 5.40. The zero-order valence-corrected chi connectivity index (χ0v) is 11.2. The van der Waals surface area contributed by atoms with E-state index in [9.17, 15) is 4.79 Å². The Morgan fingerprint density at radius 2 is 2.21 bits per heavy atom. The van der Waals surface area contributed by atoms with Crippen LogP contribution in [0.25, 0.3) is 0 Å². The number of pyridine rings is 1. The first-order chi connectivity index (χ1) is 9.20. The van der Waals surface area contributed by atoms with E-state index in [2.05, 4.69) is 5.32 Å². The minimum atomic E-state index is -0.0308. The zero-order valence-electron chi connectivity index (χ0n) is 11.2. The molecule has 0 bridgehead atoms. The minimum absolute atomic E-state index is 0.0308. The lowest BCUT2D eigenvalue weighted by Crippen LogP contribution is -2.21. The van der Waals surface area contributed by atoms with E-state index >= 15 is 0 Å². The number of anilines is 1. The van der Waals surface area contributed by atoms with Gasteiger partial charge in [-0.25, -0.2) is 0 Å². The van der Waals surface area contributed by atoms with Crippen molar-refractivity contribution in [1.82, 2.24) is 4.57 Å². The summed E-state index contributed by atoms with van der Waals surface area (Å²) in [5.41, 5.74) is 1.96. The van der Waals surface area contributed by atoms with Gasteiger partial charge in [-0.2, -0.15) is 0 Å². The molecule has 2 heterocycles. The predicted octanol–water partition coefficient (Wildman–Crippen LogP) is 2.01. The van der Waals surface area contributed by atoms with Gasteiger partial charge in [-0.15, -0.1) is 0 Å². The molecule has 0 aliphatic carbocycles. The Hall–Kier alpha value is -2.01. The maximum absolute atomic E-state index is 11.6. The monoisotopic (exact) mass is 262 g/mol. The van der Waals surface area contributed by atoms with Gasteiger partial charge < -0.3 is 19.0 Å². The first kappa shape index (κ1) is 13.4. The van der Waals surface area contributed by atoms with Crippen molar-refractivity contribution in [2.45, 2.75) is 20.0 Å². The molecule has 0 aliphatic heterocycles. The number of rotatable bonds is 6. The molecule has 0 unspecified atom stereocenters. The zero-order chi connectivity index (χ0) is 13.7. The van der Waals surface area contributed by atoms with Crippen molar-refractivity contribution in [2.24, 2.45) is 0 Å². The third-order valence-electron chi connectivity index (χ3n) is 2.94. The second kappa shape index (κ2) is 6.24. The Balaban J connectivity index is 2.04. The summed E-state index contributed by atoms with van der Waals surface area (Å²) in [7, 11) is 1.62. The van der Waals surface area contributed by atoms with Crippen molar-refractivity contribution in [2.75, 3.05) is 19.0 Å². The summed E-state index contributed by atoms with van der Waals surface area (Å²) in [6.07, 6.45) is 3.46. The van der Waals surface area contributed by atoms with Crippen molar-refractivity contribution in [3.05, 3.63) is 52.3 Å². The van der Waals surface area contributed by atoms with Gasteiger partial charge in [-0.1, -0.05) is 0 Å². The fraction of sp³-hybridized carbons (Fsp3) is 0.357. The molecule has 0 fully saturated rings. The summed E-state index contributed by atoms with van der Waals surface area (Å²) in [6, 6.07) is 5.24. The van der Waals surface area contributed by atoms with Gasteiger partial charge >= 0.3 is 0 Å². The number of ether oxygens (including phenoxy) is 1. The van der Waals surface area contributed by atoms with Gasteiger partial charge in [0.2, 0.25) is 0 Å². The summed E-state index contributed by atoms with van der Waals surface area (Å²) in [5, 5.41) is 3.24. The quantitative estimate of drug-likeness (QED) is 0.865. The molecule has 102 valence electrons. The van der Waals surface area contributed by atoms with Gasteiger partial charge in [-0.3, -0.25) is 4.79 Å². The van der Waals surface area contributed by atoms with E-state index in [0.29, 0.717) is 19.7 Å². The molecule has 0 radical (unpaired) electrons. The number of aryl methyl sites for hydroxylation is 1. The number of hydrogen-bond acceptors (Lipinski definition) is 4. The number of nitrogens with one attached hydrogen (secondary N) is 1. The third-order valence-corrected chi connectivity index (χ3v) is 2.94. The van der Waals surface area contributed by atoms with Crippen LogP contribution in [0, 0.1) is 6.92 Å². The van der Waals surface area contributed by atoms with Crippen LogP contribution in [-0.4, -0.2) is 18.3 Å². The van der Waals surface area contributed by atoms with Crippen LogP contribution in [0.5, 0.6) is 0 Å². The fourth-order valence-corrected chi connectivity index (χ4v) is 1.77. The van der Waals surface area contributed by atoms with Crippen LogP contribution in [0.1, 0.15) is 11.3 Å². The van der Waals surface area contributed by atoms with Gasteiger partial charge in [0.05, 0.1) is 25.1 Å². The summed E-state index contributed by atoms with van der Waals surface area (Å²) in [6.45, 7) is 3.66.